The highest BCUT2D eigenvalue weighted by molar-refractivity contribution is 5.93. The summed E-state index contributed by atoms with van der Waals surface area (Å²) in [6, 6.07) is 8.16. The van der Waals surface area contributed by atoms with E-state index in [2.05, 4.69) is 10.4 Å². The Morgan fingerprint density at radius 2 is 1.68 bits per heavy atom. The molecule has 4 rings (SSSR count). The van der Waals surface area contributed by atoms with Crippen LogP contribution in [0.4, 0.5) is 19.3 Å². The van der Waals surface area contributed by atoms with Crippen molar-refractivity contribution in [3.63, 3.8) is 0 Å². The van der Waals surface area contributed by atoms with E-state index in [0.29, 0.717) is 33.6 Å². The second-order valence-electron chi connectivity index (χ2n) is 7.78. The second kappa shape index (κ2) is 9.81. The van der Waals surface area contributed by atoms with E-state index in [4.69, 9.17) is 9.84 Å². The standard InChI is InChI=1S/C22H21F2N5O5/c23-17-7-4-8-18(24)20(17)28-22(33)29(26-25-28)21(32)27(14-5-2-1-3-6-14)15-9-11-16(12-10-15)34-13-19(30)31/h4,7-12,14H,1-3,5-6,13H2,(H,30,31). The summed E-state index contributed by atoms with van der Waals surface area (Å²) in [5.74, 6) is -2.89. The minimum atomic E-state index is -1.13. The highest BCUT2D eigenvalue weighted by Gasteiger charge is 2.31. The molecule has 0 saturated heterocycles. The van der Waals surface area contributed by atoms with Crippen molar-refractivity contribution < 1.29 is 28.2 Å². The van der Waals surface area contributed by atoms with E-state index in [-0.39, 0.29) is 6.04 Å². The maximum absolute atomic E-state index is 14.2. The summed E-state index contributed by atoms with van der Waals surface area (Å²) < 4.78 is 34.3. The van der Waals surface area contributed by atoms with Crippen LogP contribution in [0.2, 0.25) is 0 Å². The monoisotopic (exact) mass is 473 g/mol. The zero-order chi connectivity index (χ0) is 24.2. The normalized spacial score (nSPS) is 14.1. The molecule has 12 heteroatoms. The molecule has 10 nitrogen and oxygen atoms in total. The second-order valence-corrected chi connectivity index (χ2v) is 7.78. The molecule has 1 aliphatic carbocycles. The highest BCUT2D eigenvalue weighted by atomic mass is 19.1. The van der Waals surface area contributed by atoms with E-state index < -0.39 is 41.6 Å². The first-order valence-electron chi connectivity index (χ1n) is 10.6. The molecule has 1 amide bonds. The fraction of sp³-hybridized carbons (Fsp3) is 0.318. The molecule has 0 bridgehead atoms. The summed E-state index contributed by atoms with van der Waals surface area (Å²) in [6.07, 6.45) is 4.16. The quantitative estimate of drug-likeness (QED) is 0.547. The van der Waals surface area contributed by atoms with Crippen molar-refractivity contribution in [3.8, 4) is 11.4 Å². The van der Waals surface area contributed by atoms with Crippen LogP contribution in [-0.2, 0) is 4.79 Å². The first kappa shape index (κ1) is 23.1. The van der Waals surface area contributed by atoms with Crippen molar-refractivity contribution in [1.82, 2.24) is 19.8 Å². The van der Waals surface area contributed by atoms with Crippen LogP contribution in [-0.4, -0.2) is 49.5 Å². The number of nitrogens with zero attached hydrogens (tertiary/aromatic N) is 5. The minimum Gasteiger partial charge on any atom is -0.482 e. The third-order valence-corrected chi connectivity index (χ3v) is 5.53. The van der Waals surface area contributed by atoms with Crippen molar-refractivity contribution in [1.29, 1.82) is 0 Å². The number of ether oxygens (including phenoxy) is 1. The molecule has 34 heavy (non-hydrogen) atoms. The summed E-state index contributed by atoms with van der Waals surface area (Å²) >= 11 is 0. The van der Waals surface area contributed by atoms with Crippen molar-refractivity contribution in [2.75, 3.05) is 11.5 Å². The van der Waals surface area contributed by atoms with Crippen LogP contribution >= 0.6 is 0 Å². The van der Waals surface area contributed by atoms with E-state index in [0.717, 1.165) is 37.5 Å². The number of carbonyl (C=O) groups is 2. The van der Waals surface area contributed by atoms with E-state index >= 15 is 0 Å². The largest absolute Gasteiger partial charge is 0.482 e. The number of para-hydroxylation sites is 1. The minimum absolute atomic E-state index is 0.241. The lowest BCUT2D eigenvalue weighted by Gasteiger charge is -2.33. The summed E-state index contributed by atoms with van der Waals surface area (Å²) in [5, 5.41) is 15.9. The molecule has 0 radical (unpaired) electrons. The highest BCUT2D eigenvalue weighted by Crippen LogP contribution is 2.29. The van der Waals surface area contributed by atoms with Crippen molar-refractivity contribution >= 4 is 17.7 Å². The number of hydrogen-bond acceptors (Lipinski definition) is 6. The Kier molecular flexibility index (Phi) is 6.66. The number of tetrazole rings is 1. The van der Waals surface area contributed by atoms with Gasteiger partial charge in [0.1, 0.15) is 11.4 Å². The molecule has 1 saturated carbocycles. The number of carbonyl (C=O) groups excluding carboxylic acids is 1. The van der Waals surface area contributed by atoms with E-state index in [1.54, 1.807) is 12.1 Å². The summed E-state index contributed by atoms with van der Waals surface area (Å²) in [4.78, 5) is 38.4. The predicted octanol–water partition coefficient (Wildman–Crippen LogP) is 2.98. The van der Waals surface area contributed by atoms with Gasteiger partial charge in [-0.15, -0.1) is 4.68 Å². The molecule has 3 aromatic rings. The number of benzene rings is 2. The first-order valence-corrected chi connectivity index (χ1v) is 10.6. The van der Waals surface area contributed by atoms with Gasteiger partial charge in [0, 0.05) is 11.7 Å². The number of hydrogen-bond donors (Lipinski definition) is 1. The van der Waals surface area contributed by atoms with Crippen LogP contribution < -0.4 is 15.3 Å². The zero-order valence-corrected chi connectivity index (χ0v) is 17.9. The molecule has 0 unspecified atom stereocenters. The lowest BCUT2D eigenvalue weighted by molar-refractivity contribution is -0.139. The Morgan fingerprint density at radius 1 is 1.03 bits per heavy atom. The third-order valence-electron chi connectivity index (χ3n) is 5.53. The Morgan fingerprint density at radius 3 is 2.29 bits per heavy atom. The molecule has 0 atom stereocenters. The summed E-state index contributed by atoms with van der Waals surface area (Å²) in [6.45, 7) is -0.518. The van der Waals surface area contributed by atoms with Crippen LogP contribution in [0.3, 0.4) is 0 Å². The van der Waals surface area contributed by atoms with Crippen LogP contribution in [0, 0.1) is 11.6 Å². The topological polar surface area (TPSA) is 120 Å². The number of rotatable bonds is 6. The Bertz CT molecular complexity index is 1230. The van der Waals surface area contributed by atoms with Gasteiger partial charge in [-0.2, -0.15) is 4.68 Å². The molecule has 1 N–H and O–H groups in total. The maximum atomic E-state index is 14.2. The van der Waals surface area contributed by atoms with Gasteiger partial charge in [-0.1, -0.05) is 25.3 Å². The summed E-state index contributed by atoms with van der Waals surface area (Å²) in [7, 11) is 0. The van der Waals surface area contributed by atoms with Crippen molar-refractivity contribution in [3.05, 3.63) is 64.6 Å². The zero-order valence-electron chi connectivity index (χ0n) is 17.9. The van der Waals surface area contributed by atoms with Gasteiger partial charge < -0.3 is 9.84 Å². The molecule has 2 aromatic carbocycles. The van der Waals surface area contributed by atoms with Gasteiger partial charge in [-0.05, 0) is 59.7 Å². The molecular weight excluding hydrogens is 452 g/mol. The number of halogens is 2. The Labute approximate surface area is 192 Å². The SMILES string of the molecule is O=C(O)COc1ccc(N(C(=O)n2nnn(-c3c(F)cccc3F)c2=O)C2CCCCC2)cc1. The van der Waals surface area contributed by atoms with Gasteiger partial charge in [0.15, 0.2) is 18.2 Å². The fourth-order valence-corrected chi connectivity index (χ4v) is 3.96. The first-order chi connectivity index (χ1) is 16.4. The van der Waals surface area contributed by atoms with Gasteiger partial charge in [-0.3, -0.25) is 4.90 Å². The van der Waals surface area contributed by atoms with Crippen LogP contribution in [0.15, 0.2) is 47.3 Å². The van der Waals surface area contributed by atoms with E-state index in [1.807, 2.05) is 0 Å². The number of amides is 1. The smallest absolute Gasteiger partial charge is 0.377 e. The number of carboxylic acid groups (broad SMARTS) is 1. The van der Waals surface area contributed by atoms with E-state index in [9.17, 15) is 23.2 Å². The fourth-order valence-electron chi connectivity index (χ4n) is 3.96. The molecule has 178 valence electrons. The molecule has 1 aliphatic rings. The number of aromatic nitrogens is 4. The Balaban J connectivity index is 1.69. The van der Waals surface area contributed by atoms with Gasteiger partial charge in [0.25, 0.3) is 0 Å². The number of carboxylic acids is 1. The van der Waals surface area contributed by atoms with E-state index in [1.165, 1.54) is 17.0 Å². The maximum Gasteiger partial charge on any atom is 0.377 e. The average Bonchev–Trinajstić information content (AvgIpc) is 3.20. The molecular formula is C22H21F2N5O5. The third kappa shape index (κ3) is 4.65. The average molecular weight is 473 g/mol. The number of anilines is 1. The molecule has 1 heterocycles. The Hall–Kier alpha value is -4.09. The van der Waals surface area contributed by atoms with Crippen LogP contribution in [0.5, 0.6) is 5.75 Å². The summed E-state index contributed by atoms with van der Waals surface area (Å²) in [5.41, 5.74) is -1.41. The lowest BCUT2D eigenvalue weighted by atomic mass is 9.94. The number of aliphatic carboxylic acids is 1. The van der Waals surface area contributed by atoms with Crippen molar-refractivity contribution in [2.24, 2.45) is 0 Å². The van der Waals surface area contributed by atoms with Gasteiger partial charge in [0.2, 0.25) is 0 Å². The lowest BCUT2D eigenvalue weighted by Crippen LogP contribution is -2.47. The predicted molar refractivity (Wildman–Crippen MR) is 115 cm³/mol. The van der Waals surface area contributed by atoms with Crippen LogP contribution in [0.25, 0.3) is 5.69 Å². The molecule has 1 fully saturated rings. The molecule has 0 spiro atoms. The van der Waals surface area contributed by atoms with Gasteiger partial charge in [0.05, 0.1) is 0 Å². The van der Waals surface area contributed by atoms with Crippen molar-refractivity contribution in [2.45, 2.75) is 38.1 Å². The van der Waals surface area contributed by atoms with Gasteiger partial charge in [-0.25, -0.2) is 23.2 Å². The molecule has 1 aromatic heterocycles. The van der Waals surface area contributed by atoms with Gasteiger partial charge >= 0.3 is 17.7 Å². The van der Waals surface area contributed by atoms with Crippen LogP contribution in [0.1, 0.15) is 32.1 Å². The molecule has 0 aliphatic heterocycles.